The van der Waals surface area contributed by atoms with Crippen LogP contribution in [0.2, 0.25) is 0 Å². The number of amides is 2. The van der Waals surface area contributed by atoms with Gasteiger partial charge in [0.15, 0.2) is 37.4 Å². The second-order valence-corrected chi connectivity index (χ2v) is 14.3. The Morgan fingerprint density at radius 1 is 0.579 bits per heavy atom. The lowest BCUT2D eigenvalue weighted by Gasteiger charge is -2.49. The zero-order valence-electron chi connectivity index (χ0n) is 29.5. The molecular weight excluding hydrogens is 812 g/mol. The molecule has 0 spiro atoms. The number of aliphatic hydroxyl groups is 9. The first-order chi connectivity index (χ1) is 26.5. The van der Waals surface area contributed by atoms with Gasteiger partial charge in [-0.1, -0.05) is 0 Å². The summed E-state index contributed by atoms with van der Waals surface area (Å²) in [4.78, 5) is 48.5. The largest absolute Gasteiger partial charge is 0.479 e. The van der Waals surface area contributed by atoms with Crippen LogP contribution in [0.4, 0.5) is 0 Å². The molecule has 14 N–H and O–H groups in total. The van der Waals surface area contributed by atoms with E-state index < -0.39 is 170 Å². The summed E-state index contributed by atoms with van der Waals surface area (Å²) in [5.41, 5.74) is 0. The van der Waals surface area contributed by atoms with Crippen LogP contribution < -0.4 is 10.6 Å². The third-order valence-corrected chi connectivity index (χ3v) is 9.58. The Labute approximate surface area is 320 Å². The predicted molar refractivity (Wildman–Crippen MR) is 169 cm³/mol. The lowest BCUT2D eigenvalue weighted by molar-refractivity contribution is -0.368. The maximum Gasteiger partial charge on any atom is 0.397 e. The van der Waals surface area contributed by atoms with Crippen LogP contribution in [0.3, 0.4) is 0 Å². The summed E-state index contributed by atoms with van der Waals surface area (Å²) in [5.74, 6) is -5.58. The number of aliphatic hydroxyl groups excluding tert-OH is 9. The quantitative estimate of drug-likeness (QED) is 0.0721. The van der Waals surface area contributed by atoms with Crippen LogP contribution in [-0.2, 0) is 66.9 Å². The Hall–Kier alpha value is -2.89. The fourth-order valence-electron chi connectivity index (χ4n) is 6.44. The van der Waals surface area contributed by atoms with Crippen molar-refractivity contribution in [3.05, 3.63) is 0 Å². The van der Waals surface area contributed by atoms with Crippen molar-refractivity contribution >= 4 is 34.2 Å². The summed E-state index contributed by atoms with van der Waals surface area (Å²) >= 11 is 0. The molecule has 0 radical (unpaired) electrons. The fourth-order valence-corrected chi connectivity index (χ4v) is 6.74. The second kappa shape index (κ2) is 19.0. The molecule has 4 aliphatic rings. The third kappa shape index (κ3) is 10.8. The normalized spacial score (nSPS) is 44.1. The van der Waals surface area contributed by atoms with Gasteiger partial charge in [0.1, 0.15) is 85.3 Å². The number of hydrogen-bond donors (Lipinski definition) is 14. The van der Waals surface area contributed by atoms with Gasteiger partial charge in [-0.15, -0.1) is 0 Å². The van der Waals surface area contributed by atoms with E-state index in [0.29, 0.717) is 0 Å². The average molecular weight is 857 g/mol. The van der Waals surface area contributed by atoms with E-state index in [1.54, 1.807) is 0 Å². The Morgan fingerprint density at radius 2 is 1.05 bits per heavy atom. The van der Waals surface area contributed by atoms with E-state index in [0.717, 1.165) is 13.8 Å². The first-order valence-corrected chi connectivity index (χ1v) is 18.1. The standard InChI is InChI=1S/C28H44N2O26S/c1-5(32)29-9-18(11(34)7(3-31)50-25(9)45)52-28-17(40)15(38)20(22(56-28)24(43)44)54-26-10(30-6(2)33)19(12(35)8(51-26)4-49-57(46,47)48)53-27-16(39)13(36)14(37)21(55-27)23(41)42/h7-22,25-28,31,34-40,45H,3-4H2,1-2H3,(H,29,32)(H,30,33)(H,41,42)(H,43,44)(H,46,47,48)/t7-,8-,9-,10-,11+,12+,13+,14+,15-,16-,17-,18-,19-,20+,21+,22+,25?,26+,27-,28-/m1/s1. The number of rotatable bonds is 14. The van der Waals surface area contributed by atoms with Gasteiger partial charge in [-0.05, 0) is 0 Å². The van der Waals surface area contributed by atoms with Crippen molar-refractivity contribution in [3.8, 4) is 0 Å². The monoisotopic (exact) mass is 856 g/mol. The van der Waals surface area contributed by atoms with Crippen molar-refractivity contribution in [2.24, 2.45) is 0 Å². The molecule has 20 atom stereocenters. The van der Waals surface area contributed by atoms with E-state index in [1.165, 1.54) is 0 Å². The van der Waals surface area contributed by atoms with Crippen LogP contribution >= 0.6 is 0 Å². The van der Waals surface area contributed by atoms with Crippen LogP contribution in [-0.4, -0.2) is 229 Å². The minimum atomic E-state index is -5.28. The zero-order chi connectivity index (χ0) is 42.8. The van der Waals surface area contributed by atoms with E-state index in [-0.39, 0.29) is 0 Å². The Bertz CT molecular complexity index is 1540. The van der Waals surface area contributed by atoms with Gasteiger partial charge in [-0.3, -0.25) is 14.1 Å². The van der Waals surface area contributed by atoms with Gasteiger partial charge in [-0.2, -0.15) is 8.42 Å². The molecule has 0 saturated carbocycles. The van der Waals surface area contributed by atoms with Gasteiger partial charge in [0.2, 0.25) is 11.8 Å². The van der Waals surface area contributed by atoms with Gasteiger partial charge in [0, 0.05) is 13.8 Å². The summed E-state index contributed by atoms with van der Waals surface area (Å²) in [6, 6.07) is -3.60. The number of ether oxygens (including phenoxy) is 7. The molecule has 0 aromatic carbocycles. The molecule has 4 aliphatic heterocycles. The third-order valence-electron chi connectivity index (χ3n) is 9.14. The molecular formula is C28H44N2O26S. The highest BCUT2D eigenvalue weighted by Gasteiger charge is 2.57. The second-order valence-electron chi connectivity index (χ2n) is 13.2. The van der Waals surface area contributed by atoms with Crippen LogP contribution in [0, 0.1) is 0 Å². The van der Waals surface area contributed by atoms with E-state index in [2.05, 4.69) is 14.8 Å². The number of carbonyl (C=O) groups excluding carboxylic acids is 2. The first kappa shape index (κ1) is 46.8. The molecule has 4 fully saturated rings. The Balaban J connectivity index is 1.68. The predicted octanol–water partition coefficient (Wildman–Crippen LogP) is -9.45. The van der Waals surface area contributed by atoms with Gasteiger partial charge in [-0.25, -0.2) is 13.8 Å². The lowest BCUT2D eigenvalue weighted by atomic mass is 9.94. The maximum absolute atomic E-state index is 12.5. The van der Waals surface area contributed by atoms with Gasteiger partial charge < -0.3 is 100.0 Å². The Kier molecular flexibility index (Phi) is 15.6. The summed E-state index contributed by atoms with van der Waals surface area (Å²) in [5, 5.41) is 119. The molecule has 57 heavy (non-hydrogen) atoms. The highest BCUT2D eigenvalue weighted by Crippen LogP contribution is 2.35. The van der Waals surface area contributed by atoms with E-state index in [4.69, 9.17) is 37.7 Å². The van der Waals surface area contributed by atoms with Crippen molar-refractivity contribution in [1.29, 1.82) is 0 Å². The van der Waals surface area contributed by atoms with Crippen LogP contribution in [0.25, 0.3) is 0 Å². The summed E-state index contributed by atoms with van der Waals surface area (Å²) in [6.07, 6.45) is -38.9. The van der Waals surface area contributed by atoms with Gasteiger partial charge in [0.25, 0.3) is 0 Å². The van der Waals surface area contributed by atoms with Crippen LogP contribution in [0.15, 0.2) is 0 Å². The van der Waals surface area contributed by atoms with Crippen molar-refractivity contribution in [2.75, 3.05) is 13.2 Å². The number of carboxylic acid groups (broad SMARTS) is 2. The highest BCUT2D eigenvalue weighted by molar-refractivity contribution is 7.80. The van der Waals surface area contributed by atoms with Gasteiger partial charge in [0.05, 0.1) is 13.2 Å². The average Bonchev–Trinajstić information content (AvgIpc) is 3.11. The molecule has 0 bridgehead atoms. The minimum absolute atomic E-state index is 0.790. The minimum Gasteiger partial charge on any atom is -0.479 e. The number of aliphatic carboxylic acids is 2. The highest BCUT2D eigenvalue weighted by atomic mass is 32.3. The molecule has 0 aliphatic carbocycles. The number of nitrogens with one attached hydrogen (secondary N) is 2. The van der Waals surface area contributed by atoms with E-state index in [9.17, 15) is 83.8 Å². The lowest BCUT2D eigenvalue weighted by Crippen LogP contribution is -2.70. The molecule has 0 aromatic rings. The molecule has 2 amide bonds. The summed E-state index contributed by atoms with van der Waals surface area (Å²) in [6.45, 7) is -0.306. The zero-order valence-corrected chi connectivity index (χ0v) is 30.3. The molecule has 4 heterocycles. The molecule has 1 unspecified atom stereocenters. The van der Waals surface area contributed by atoms with Crippen molar-refractivity contribution in [3.63, 3.8) is 0 Å². The van der Waals surface area contributed by atoms with Crippen molar-refractivity contribution in [1.82, 2.24) is 10.6 Å². The number of carboxylic acids is 2. The fraction of sp³-hybridized carbons (Fsp3) is 0.857. The molecule has 328 valence electrons. The molecule has 4 rings (SSSR count). The SMILES string of the molecule is CC(=O)N[C@H]1[C@H](O[C@H]2[C@H](O)[C@@H](O)[C@H](O[C@H]3[C@@H](O)[C@@H](CO)OC(O)[C@@H]3NC(C)=O)O[C@@H]2C(=O)O)O[C@H](COS(=O)(=O)O)[C@H](O)[C@@H]1O[C@@H]1O[C@H](C(=O)O)[C@@H](O)[C@H](O)[C@H]1O. The Morgan fingerprint density at radius 3 is 1.56 bits per heavy atom. The van der Waals surface area contributed by atoms with Crippen molar-refractivity contribution < 1.29 is 126 Å². The van der Waals surface area contributed by atoms with Crippen LogP contribution in [0.1, 0.15) is 13.8 Å². The smallest absolute Gasteiger partial charge is 0.397 e. The maximum atomic E-state index is 12.5. The van der Waals surface area contributed by atoms with Gasteiger partial charge >= 0.3 is 22.3 Å². The number of carbonyl (C=O) groups is 4. The molecule has 28 nitrogen and oxygen atoms in total. The first-order valence-electron chi connectivity index (χ1n) is 16.7. The molecule has 0 aromatic heterocycles. The van der Waals surface area contributed by atoms with Crippen molar-refractivity contribution in [2.45, 2.75) is 137 Å². The molecule has 29 heteroatoms. The van der Waals surface area contributed by atoms with Crippen LogP contribution in [0.5, 0.6) is 0 Å². The summed E-state index contributed by atoms with van der Waals surface area (Å²) in [7, 11) is -5.28. The molecule has 4 saturated heterocycles. The van der Waals surface area contributed by atoms with E-state index in [1.807, 2.05) is 0 Å². The number of hydrogen-bond acceptors (Lipinski definition) is 23. The topological polar surface area (TPSA) is 443 Å². The van der Waals surface area contributed by atoms with E-state index >= 15 is 0 Å². The summed E-state index contributed by atoms with van der Waals surface area (Å²) < 4.78 is 74.1.